The van der Waals surface area contributed by atoms with E-state index in [0.29, 0.717) is 31.2 Å². The van der Waals surface area contributed by atoms with Gasteiger partial charge in [-0.25, -0.2) is 4.79 Å². The Kier molecular flexibility index (Phi) is 9.00. The van der Waals surface area contributed by atoms with Gasteiger partial charge in [-0.2, -0.15) is 13.2 Å². The van der Waals surface area contributed by atoms with E-state index in [1.54, 1.807) is 4.90 Å². The van der Waals surface area contributed by atoms with Crippen LogP contribution in [0, 0.1) is 23.7 Å². The summed E-state index contributed by atoms with van der Waals surface area (Å²) in [5.74, 6) is -0.472. The number of alkyl halides is 3. The van der Waals surface area contributed by atoms with Crippen molar-refractivity contribution in [1.82, 2.24) is 20.5 Å². The number of likely N-dealkylation sites (tertiary alicyclic amines) is 1. The number of benzene rings is 1. The van der Waals surface area contributed by atoms with Crippen LogP contribution in [0.4, 0.5) is 13.2 Å². The molecule has 1 aromatic heterocycles. The maximum Gasteiger partial charge on any atom is 0.490 e. The number of nitrogens with two attached hydrogens (primary N) is 1. The van der Waals surface area contributed by atoms with Crippen molar-refractivity contribution in [3.8, 4) is 0 Å². The molecular formula is C30H38F3N5O5. The molecule has 1 aromatic carbocycles. The first-order valence-corrected chi connectivity index (χ1v) is 14.9. The molecule has 5 aliphatic rings. The first-order chi connectivity index (χ1) is 20.4. The minimum atomic E-state index is -5.08. The van der Waals surface area contributed by atoms with Crippen LogP contribution in [0.1, 0.15) is 50.5 Å². The van der Waals surface area contributed by atoms with Gasteiger partial charge >= 0.3 is 12.1 Å². The summed E-state index contributed by atoms with van der Waals surface area (Å²) < 4.78 is 31.7. The van der Waals surface area contributed by atoms with Crippen molar-refractivity contribution >= 4 is 34.6 Å². The average Bonchev–Trinajstić information content (AvgIpc) is 3.61. The highest BCUT2D eigenvalue weighted by atomic mass is 19.4. The van der Waals surface area contributed by atoms with Gasteiger partial charge in [0.2, 0.25) is 17.7 Å². The van der Waals surface area contributed by atoms with Gasteiger partial charge in [-0.3, -0.25) is 14.4 Å². The number of carboxylic acids is 1. The van der Waals surface area contributed by atoms with Crippen molar-refractivity contribution in [2.24, 2.45) is 29.4 Å². The highest BCUT2D eigenvalue weighted by Gasteiger charge is 2.49. The number of carboxylic acid groups (broad SMARTS) is 1. The standard InChI is InChI=1S/C28H37N5O3.C2HF3O2/c29-14-25(34)31-23(13-20-15-30-22-5-2-1-4-21(20)22)28(36)33-7-3-6-24(33)27(35)32-26-18-9-16-8-17(11-18)12-19(26)10-16;3-2(4,5)1(6)7/h1-2,4-5,15-19,23-24,26,30H,3,6-14,29H2,(H,31,34)(H,32,35);(H,6,7)/t16?,17?,18?,19?,23?,24-,26?;/m1./s1. The zero-order valence-electron chi connectivity index (χ0n) is 23.7. The van der Waals surface area contributed by atoms with Crippen molar-refractivity contribution in [2.45, 2.75) is 75.7 Å². The van der Waals surface area contributed by atoms with E-state index in [0.717, 1.165) is 34.7 Å². The number of nitrogens with zero attached hydrogens (tertiary/aromatic N) is 1. The Bertz CT molecular complexity index is 1330. The number of aromatic nitrogens is 1. The molecule has 4 aliphatic carbocycles. The maximum absolute atomic E-state index is 13.8. The van der Waals surface area contributed by atoms with Crippen LogP contribution >= 0.6 is 0 Å². The number of carbonyl (C=O) groups is 4. The Morgan fingerprint density at radius 2 is 1.67 bits per heavy atom. The molecule has 234 valence electrons. The minimum absolute atomic E-state index is 0.0191. The lowest BCUT2D eigenvalue weighted by Crippen LogP contribution is -2.60. The van der Waals surface area contributed by atoms with Crippen LogP contribution in [0.15, 0.2) is 30.5 Å². The summed E-state index contributed by atoms with van der Waals surface area (Å²) in [6.45, 7) is 0.343. The largest absolute Gasteiger partial charge is 0.490 e. The summed E-state index contributed by atoms with van der Waals surface area (Å²) in [7, 11) is 0. The highest BCUT2D eigenvalue weighted by Crippen LogP contribution is 2.53. The molecule has 3 amide bonds. The second-order valence-corrected chi connectivity index (χ2v) is 12.3. The fourth-order valence-electron chi connectivity index (χ4n) is 7.90. The van der Waals surface area contributed by atoms with E-state index in [1.807, 2.05) is 30.5 Å². The topological polar surface area (TPSA) is 158 Å². The second kappa shape index (κ2) is 12.6. The SMILES string of the molecule is NCC(=O)NC(Cc1c[nH]c2ccccc12)C(=O)N1CCC[C@@H]1C(=O)NC1C2CC3CC(C2)CC1C3.O=C(O)C(F)(F)F. The van der Waals surface area contributed by atoms with E-state index < -0.39 is 24.2 Å². The third-order valence-electron chi connectivity index (χ3n) is 9.53. The van der Waals surface area contributed by atoms with Gasteiger partial charge in [0.25, 0.3) is 0 Å². The Morgan fingerprint density at radius 1 is 1.05 bits per heavy atom. The molecule has 1 saturated heterocycles. The molecule has 7 rings (SSSR count). The van der Waals surface area contributed by atoms with Gasteiger partial charge in [0.1, 0.15) is 12.1 Å². The molecule has 1 unspecified atom stereocenters. The van der Waals surface area contributed by atoms with E-state index in [-0.39, 0.29) is 30.3 Å². The van der Waals surface area contributed by atoms with Crippen LogP contribution in [0.5, 0.6) is 0 Å². The molecule has 0 spiro atoms. The third-order valence-corrected chi connectivity index (χ3v) is 9.53. The summed E-state index contributed by atoms with van der Waals surface area (Å²) in [5.41, 5.74) is 7.51. The monoisotopic (exact) mass is 605 g/mol. The van der Waals surface area contributed by atoms with Crippen LogP contribution in [-0.4, -0.2) is 76.1 Å². The lowest BCUT2D eigenvalue weighted by atomic mass is 9.54. The number of aliphatic carboxylic acids is 1. The smallest absolute Gasteiger partial charge is 0.475 e. The molecule has 2 heterocycles. The van der Waals surface area contributed by atoms with E-state index >= 15 is 0 Å². The molecule has 1 aliphatic heterocycles. The maximum atomic E-state index is 13.8. The zero-order valence-corrected chi connectivity index (χ0v) is 23.7. The van der Waals surface area contributed by atoms with E-state index in [9.17, 15) is 27.6 Å². The van der Waals surface area contributed by atoms with Gasteiger partial charge in [0.15, 0.2) is 0 Å². The van der Waals surface area contributed by atoms with Crippen LogP contribution in [0.2, 0.25) is 0 Å². The van der Waals surface area contributed by atoms with Crippen molar-refractivity contribution < 1.29 is 37.5 Å². The molecule has 43 heavy (non-hydrogen) atoms. The third kappa shape index (κ3) is 6.81. The molecule has 10 nitrogen and oxygen atoms in total. The predicted octanol–water partition coefficient (Wildman–Crippen LogP) is 2.72. The molecule has 5 fully saturated rings. The molecule has 0 radical (unpaired) electrons. The van der Waals surface area contributed by atoms with Crippen molar-refractivity contribution in [3.63, 3.8) is 0 Å². The normalized spacial score (nSPS) is 28.2. The molecular weight excluding hydrogens is 567 g/mol. The van der Waals surface area contributed by atoms with Gasteiger partial charge in [-0.15, -0.1) is 0 Å². The number of aromatic amines is 1. The van der Waals surface area contributed by atoms with Crippen molar-refractivity contribution in [1.29, 1.82) is 0 Å². The summed E-state index contributed by atoms with van der Waals surface area (Å²) in [6.07, 6.45) is 4.93. The predicted molar refractivity (Wildman–Crippen MR) is 150 cm³/mol. The number of fused-ring (bicyclic) bond motifs is 1. The molecule has 2 atom stereocenters. The summed E-state index contributed by atoms with van der Waals surface area (Å²) in [4.78, 5) is 53.4. The van der Waals surface area contributed by atoms with E-state index in [1.165, 1.54) is 32.1 Å². The van der Waals surface area contributed by atoms with Gasteiger partial charge in [-0.1, -0.05) is 18.2 Å². The quantitative estimate of drug-likeness (QED) is 0.327. The molecule has 6 N–H and O–H groups in total. The van der Waals surface area contributed by atoms with Gasteiger partial charge in [0.05, 0.1) is 6.54 Å². The van der Waals surface area contributed by atoms with Crippen molar-refractivity contribution in [3.05, 3.63) is 36.0 Å². The van der Waals surface area contributed by atoms with Crippen LogP contribution in [0.25, 0.3) is 10.9 Å². The lowest BCUT2D eigenvalue weighted by molar-refractivity contribution is -0.192. The second-order valence-electron chi connectivity index (χ2n) is 12.3. The van der Waals surface area contributed by atoms with Crippen LogP contribution in [-0.2, 0) is 25.6 Å². The van der Waals surface area contributed by atoms with E-state index in [2.05, 4.69) is 15.6 Å². The Balaban J connectivity index is 0.000000472. The first-order valence-electron chi connectivity index (χ1n) is 14.9. The molecule has 4 bridgehead atoms. The number of carbonyl (C=O) groups excluding carboxylic acids is 3. The minimum Gasteiger partial charge on any atom is -0.475 e. The first kappa shape index (κ1) is 30.8. The van der Waals surface area contributed by atoms with Crippen LogP contribution < -0.4 is 16.4 Å². The number of amides is 3. The number of halogens is 3. The Morgan fingerprint density at radius 3 is 2.28 bits per heavy atom. The van der Waals surface area contributed by atoms with Gasteiger partial charge in [-0.05, 0) is 80.2 Å². The fraction of sp³-hybridized carbons (Fsp3) is 0.600. The summed E-state index contributed by atoms with van der Waals surface area (Å²) in [5, 5.41) is 14.4. The number of hydrogen-bond donors (Lipinski definition) is 5. The summed E-state index contributed by atoms with van der Waals surface area (Å²) >= 11 is 0. The fourth-order valence-corrected chi connectivity index (χ4v) is 7.90. The van der Waals surface area contributed by atoms with Crippen LogP contribution in [0.3, 0.4) is 0 Å². The average molecular weight is 606 g/mol. The Labute approximate surface area is 246 Å². The van der Waals surface area contributed by atoms with E-state index in [4.69, 9.17) is 15.6 Å². The highest BCUT2D eigenvalue weighted by molar-refractivity contribution is 5.94. The lowest BCUT2D eigenvalue weighted by Gasteiger charge is -2.54. The Hall–Kier alpha value is -3.61. The number of nitrogens with one attached hydrogen (secondary N) is 3. The zero-order chi connectivity index (χ0) is 30.9. The van der Waals surface area contributed by atoms with Crippen molar-refractivity contribution in [2.75, 3.05) is 13.1 Å². The van der Waals surface area contributed by atoms with Gasteiger partial charge in [0, 0.05) is 36.1 Å². The number of H-pyrrole nitrogens is 1. The molecule has 4 saturated carbocycles. The number of para-hydroxylation sites is 1. The number of rotatable bonds is 7. The number of hydrogen-bond acceptors (Lipinski definition) is 5. The van der Waals surface area contributed by atoms with Gasteiger partial charge < -0.3 is 31.4 Å². The molecule has 2 aromatic rings. The summed E-state index contributed by atoms with van der Waals surface area (Å²) in [6, 6.07) is 6.91. The molecule has 13 heteroatoms.